The molecule has 112 valence electrons. The molecule has 0 atom stereocenters. The van der Waals surface area contributed by atoms with Crippen molar-refractivity contribution in [3.63, 3.8) is 0 Å². The quantitative estimate of drug-likeness (QED) is 0.737. The Morgan fingerprint density at radius 2 is 2.05 bits per heavy atom. The van der Waals surface area contributed by atoms with Crippen molar-refractivity contribution in [3.05, 3.63) is 52.0 Å². The van der Waals surface area contributed by atoms with Gasteiger partial charge in [-0.1, -0.05) is 30.3 Å². The summed E-state index contributed by atoms with van der Waals surface area (Å²) in [6.45, 7) is 5.94. The third-order valence-electron chi connectivity index (χ3n) is 2.96. The maximum absolute atomic E-state index is 11.8. The lowest BCUT2D eigenvalue weighted by Crippen LogP contribution is -2.30. The number of thiazole rings is 1. The van der Waals surface area contributed by atoms with Crippen LogP contribution in [0.1, 0.15) is 22.4 Å². The first-order valence-corrected chi connectivity index (χ1v) is 7.82. The van der Waals surface area contributed by atoms with E-state index in [1.807, 2.05) is 38.2 Å². The average molecular weight is 304 g/mol. The van der Waals surface area contributed by atoms with Gasteiger partial charge in [-0.05, 0) is 19.4 Å². The molecule has 0 saturated heterocycles. The Bertz CT molecular complexity index is 569. The zero-order chi connectivity index (χ0) is 15.1. The van der Waals surface area contributed by atoms with Crippen molar-refractivity contribution in [1.82, 2.24) is 9.88 Å². The minimum atomic E-state index is -0.185. The Morgan fingerprint density at radius 1 is 1.29 bits per heavy atom. The van der Waals surface area contributed by atoms with Crippen LogP contribution < -0.4 is 0 Å². The Morgan fingerprint density at radius 3 is 2.67 bits per heavy atom. The highest BCUT2D eigenvalue weighted by Gasteiger charge is 2.14. The van der Waals surface area contributed by atoms with E-state index in [0.29, 0.717) is 19.7 Å². The Labute approximate surface area is 129 Å². The Kier molecular flexibility index (Phi) is 5.90. The van der Waals surface area contributed by atoms with Crippen molar-refractivity contribution in [2.24, 2.45) is 0 Å². The van der Waals surface area contributed by atoms with Gasteiger partial charge in [0.05, 0.1) is 18.2 Å². The fourth-order valence-electron chi connectivity index (χ4n) is 2.10. The molecule has 1 aromatic heterocycles. The summed E-state index contributed by atoms with van der Waals surface area (Å²) < 4.78 is 5.06. The fourth-order valence-corrected chi connectivity index (χ4v) is 2.93. The summed E-state index contributed by atoms with van der Waals surface area (Å²) in [5.41, 5.74) is 1.18. The summed E-state index contributed by atoms with van der Waals surface area (Å²) in [6.07, 6.45) is 1.88. The van der Waals surface area contributed by atoms with E-state index in [9.17, 15) is 4.79 Å². The van der Waals surface area contributed by atoms with Gasteiger partial charge in [-0.3, -0.25) is 9.69 Å². The maximum Gasteiger partial charge on any atom is 0.320 e. The van der Waals surface area contributed by atoms with Crippen molar-refractivity contribution in [2.75, 3.05) is 13.2 Å². The fraction of sp³-hybridized carbons (Fsp3) is 0.375. The van der Waals surface area contributed by atoms with Crippen LogP contribution in [-0.4, -0.2) is 29.0 Å². The van der Waals surface area contributed by atoms with E-state index in [-0.39, 0.29) is 5.97 Å². The SMILES string of the molecule is CCOC(=O)CN(Cc1ccccc1)Cc1cnc(C)s1. The lowest BCUT2D eigenvalue weighted by molar-refractivity contribution is -0.144. The van der Waals surface area contributed by atoms with Gasteiger partial charge in [0.15, 0.2) is 0 Å². The number of rotatable bonds is 7. The first-order chi connectivity index (χ1) is 10.2. The normalized spacial score (nSPS) is 10.8. The molecule has 1 aromatic carbocycles. The Balaban J connectivity index is 2.04. The number of hydrogen-bond donors (Lipinski definition) is 0. The van der Waals surface area contributed by atoms with Crippen LogP contribution >= 0.6 is 11.3 Å². The highest BCUT2D eigenvalue weighted by atomic mass is 32.1. The predicted octanol–water partition coefficient (Wildman–Crippen LogP) is 3.02. The Hall–Kier alpha value is -1.72. The molecule has 2 rings (SSSR count). The summed E-state index contributed by atoms with van der Waals surface area (Å²) in [4.78, 5) is 19.3. The average Bonchev–Trinajstić information content (AvgIpc) is 2.85. The maximum atomic E-state index is 11.8. The van der Waals surface area contributed by atoms with Crippen LogP contribution in [0.15, 0.2) is 36.5 Å². The largest absolute Gasteiger partial charge is 0.465 e. The molecular formula is C16H20N2O2S. The molecule has 0 bridgehead atoms. The van der Waals surface area contributed by atoms with Crippen molar-refractivity contribution >= 4 is 17.3 Å². The monoisotopic (exact) mass is 304 g/mol. The molecule has 0 amide bonds. The van der Waals surface area contributed by atoms with Crippen molar-refractivity contribution in [3.8, 4) is 0 Å². The molecule has 0 saturated carbocycles. The van der Waals surface area contributed by atoms with Gasteiger partial charge in [0.2, 0.25) is 0 Å². The van der Waals surface area contributed by atoms with E-state index >= 15 is 0 Å². The number of hydrogen-bond acceptors (Lipinski definition) is 5. The number of carbonyl (C=O) groups is 1. The zero-order valence-electron chi connectivity index (χ0n) is 12.4. The van der Waals surface area contributed by atoms with E-state index in [1.165, 1.54) is 5.56 Å². The van der Waals surface area contributed by atoms with Crippen molar-refractivity contribution in [1.29, 1.82) is 0 Å². The third-order valence-corrected chi connectivity index (χ3v) is 3.85. The molecule has 2 aromatic rings. The topological polar surface area (TPSA) is 42.4 Å². The minimum Gasteiger partial charge on any atom is -0.465 e. The molecule has 0 aliphatic rings. The van der Waals surface area contributed by atoms with Gasteiger partial charge in [0, 0.05) is 24.2 Å². The van der Waals surface area contributed by atoms with E-state index in [2.05, 4.69) is 22.0 Å². The molecule has 0 aliphatic carbocycles. The molecule has 0 radical (unpaired) electrons. The number of aromatic nitrogens is 1. The number of ether oxygens (including phenoxy) is 1. The van der Waals surface area contributed by atoms with Crippen LogP contribution in [0.25, 0.3) is 0 Å². The molecule has 0 N–H and O–H groups in total. The first-order valence-electron chi connectivity index (χ1n) is 7.00. The van der Waals surface area contributed by atoms with E-state index in [0.717, 1.165) is 16.4 Å². The van der Waals surface area contributed by atoms with Crippen molar-refractivity contribution in [2.45, 2.75) is 26.9 Å². The van der Waals surface area contributed by atoms with Gasteiger partial charge in [0.25, 0.3) is 0 Å². The van der Waals surface area contributed by atoms with E-state index in [1.54, 1.807) is 11.3 Å². The van der Waals surface area contributed by atoms with Crippen LogP contribution in [0.3, 0.4) is 0 Å². The molecule has 0 spiro atoms. The van der Waals surface area contributed by atoms with Gasteiger partial charge in [-0.25, -0.2) is 4.98 Å². The zero-order valence-corrected chi connectivity index (χ0v) is 13.2. The summed E-state index contributed by atoms with van der Waals surface area (Å²) in [5, 5.41) is 1.04. The second kappa shape index (κ2) is 7.90. The van der Waals surface area contributed by atoms with E-state index in [4.69, 9.17) is 4.74 Å². The highest BCUT2D eigenvalue weighted by Crippen LogP contribution is 2.16. The lowest BCUT2D eigenvalue weighted by Gasteiger charge is -2.20. The smallest absolute Gasteiger partial charge is 0.320 e. The number of benzene rings is 1. The number of esters is 1. The van der Waals surface area contributed by atoms with Crippen molar-refractivity contribution < 1.29 is 9.53 Å². The second-order valence-corrected chi connectivity index (χ2v) is 6.10. The van der Waals surface area contributed by atoms with Crippen LogP contribution in [0, 0.1) is 6.92 Å². The van der Waals surface area contributed by atoms with Crippen LogP contribution in [0.4, 0.5) is 0 Å². The predicted molar refractivity (Wildman–Crippen MR) is 84.0 cm³/mol. The minimum absolute atomic E-state index is 0.185. The van der Waals surface area contributed by atoms with Crippen LogP contribution in [-0.2, 0) is 22.6 Å². The summed E-state index contributed by atoms with van der Waals surface area (Å²) >= 11 is 1.66. The first kappa shape index (κ1) is 15.7. The second-order valence-electron chi connectivity index (χ2n) is 4.78. The number of aryl methyl sites for hydroxylation is 1. The summed E-state index contributed by atoms with van der Waals surface area (Å²) in [5.74, 6) is -0.185. The molecular weight excluding hydrogens is 284 g/mol. The molecule has 4 nitrogen and oxygen atoms in total. The molecule has 0 aliphatic heterocycles. The third kappa shape index (κ3) is 5.28. The van der Waals surface area contributed by atoms with Crippen LogP contribution in [0.5, 0.6) is 0 Å². The van der Waals surface area contributed by atoms with Gasteiger partial charge in [-0.15, -0.1) is 11.3 Å². The van der Waals surface area contributed by atoms with Gasteiger partial charge >= 0.3 is 5.97 Å². The van der Waals surface area contributed by atoms with Gasteiger partial charge in [-0.2, -0.15) is 0 Å². The molecule has 21 heavy (non-hydrogen) atoms. The van der Waals surface area contributed by atoms with Crippen LogP contribution in [0.2, 0.25) is 0 Å². The molecule has 1 heterocycles. The van der Waals surface area contributed by atoms with Gasteiger partial charge in [0.1, 0.15) is 0 Å². The number of nitrogens with zero attached hydrogens (tertiary/aromatic N) is 2. The molecule has 5 heteroatoms. The van der Waals surface area contributed by atoms with E-state index < -0.39 is 0 Å². The lowest BCUT2D eigenvalue weighted by atomic mass is 10.2. The number of carbonyl (C=O) groups excluding carboxylic acids is 1. The standard InChI is InChI=1S/C16H20N2O2S/c1-3-20-16(19)12-18(10-14-7-5-4-6-8-14)11-15-9-17-13(2)21-15/h4-9H,3,10-12H2,1-2H3. The molecule has 0 unspecified atom stereocenters. The molecule has 0 fully saturated rings. The summed E-state index contributed by atoms with van der Waals surface area (Å²) in [7, 11) is 0. The summed E-state index contributed by atoms with van der Waals surface area (Å²) in [6, 6.07) is 10.1. The highest BCUT2D eigenvalue weighted by molar-refractivity contribution is 7.11. The van der Waals surface area contributed by atoms with Gasteiger partial charge < -0.3 is 4.74 Å².